The Bertz CT molecular complexity index is 788. The maximum absolute atomic E-state index is 13.1. The van der Waals surface area contributed by atoms with Crippen molar-refractivity contribution in [1.29, 1.82) is 0 Å². The Morgan fingerprint density at radius 3 is 1.90 bits per heavy atom. The van der Waals surface area contributed by atoms with Crippen LogP contribution in [0.4, 0.5) is 4.79 Å². The Labute approximate surface area is 179 Å². The number of methoxy groups -OCH3 is 1. The van der Waals surface area contributed by atoms with Crippen LogP contribution >= 0.6 is 0 Å². The first-order valence-corrected chi connectivity index (χ1v) is 10.1. The van der Waals surface area contributed by atoms with Gasteiger partial charge in [-0.2, -0.15) is 0 Å². The van der Waals surface area contributed by atoms with E-state index in [1.807, 2.05) is 60.7 Å². The minimum Gasteiger partial charge on any atom is -0.444 e. The minimum atomic E-state index is -0.766. The molecule has 2 rings (SSSR count). The van der Waals surface area contributed by atoms with Gasteiger partial charge in [0.1, 0.15) is 11.6 Å². The SMILES string of the molecule is COC[C@H](Cc1ccccc1)NC(=O)[C@@H](Cc1ccccc1)NC(=O)OC(C)(C)C. The molecule has 0 unspecified atom stereocenters. The highest BCUT2D eigenvalue weighted by Crippen LogP contribution is 2.10. The van der Waals surface area contributed by atoms with Gasteiger partial charge in [-0.05, 0) is 38.3 Å². The summed E-state index contributed by atoms with van der Waals surface area (Å²) in [4.78, 5) is 25.4. The van der Waals surface area contributed by atoms with Crippen molar-refractivity contribution in [3.63, 3.8) is 0 Å². The summed E-state index contributed by atoms with van der Waals surface area (Å²) in [6, 6.07) is 18.5. The van der Waals surface area contributed by atoms with Crippen molar-refractivity contribution in [3.05, 3.63) is 71.8 Å². The average molecular weight is 413 g/mol. The number of ether oxygens (including phenoxy) is 2. The third kappa shape index (κ3) is 8.66. The van der Waals surface area contributed by atoms with Crippen molar-refractivity contribution in [2.45, 2.75) is 51.3 Å². The molecule has 0 aliphatic heterocycles. The molecule has 2 N–H and O–H groups in total. The van der Waals surface area contributed by atoms with Crippen molar-refractivity contribution in [2.24, 2.45) is 0 Å². The van der Waals surface area contributed by atoms with Gasteiger partial charge in [0.25, 0.3) is 0 Å². The van der Waals surface area contributed by atoms with Gasteiger partial charge in [-0.25, -0.2) is 4.79 Å². The molecular formula is C24H32N2O4. The van der Waals surface area contributed by atoms with Gasteiger partial charge in [-0.3, -0.25) is 4.79 Å². The molecule has 6 nitrogen and oxygen atoms in total. The van der Waals surface area contributed by atoms with Crippen molar-refractivity contribution in [2.75, 3.05) is 13.7 Å². The number of amides is 2. The van der Waals surface area contributed by atoms with Gasteiger partial charge in [0.05, 0.1) is 12.6 Å². The molecule has 0 aromatic heterocycles. The molecular weight excluding hydrogens is 380 g/mol. The van der Waals surface area contributed by atoms with Crippen LogP contribution < -0.4 is 10.6 Å². The molecule has 0 spiro atoms. The van der Waals surface area contributed by atoms with E-state index in [1.54, 1.807) is 27.9 Å². The van der Waals surface area contributed by atoms with Gasteiger partial charge in [0.2, 0.25) is 5.91 Å². The van der Waals surface area contributed by atoms with E-state index in [-0.39, 0.29) is 11.9 Å². The normalized spacial score (nSPS) is 13.2. The molecule has 2 aromatic carbocycles. The van der Waals surface area contributed by atoms with Crippen LogP contribution in [0.2, 0.25) is 0 Å². The molecule has 0 bridgehead atoms. The molecule has 2 atom stereocenters. The second-order valence-corrected chi connectivity index (χ2v) is 8.24. The molecule has 6 heteroatoms. The van der Waals surface area contributed by atoms with Crippen molar-refractivity contribution in [1.82, 2.24) is 10.6 Å². The number of hydrogen-bond acceptors (Lipinski definition) is 4. The highest BCUT2D eigenvalue weighted by Gasteiger charge is 2.26. The Hall–Kier alpha value is -2.86. The van der Waals surface area contributed by atoms with E-state index < -0.39 is 17.7 Å². The summed E-state index contributed by atoms with van der Waals surface area (Å²) in [6.45, 7) is 5.72. The summed E-state index contributed by atoms with van der Waals surface area (Å²) in [5.74, 6) is -0.275. The van der Waals surface area contributed by atoms with E-state index in [9.17, 15) is 9.59 Å². The summed E-state index contributed by atoms with van der Waals surface area (Å²) < 4.78 is 10.6. The molecule has 162 valence electrons. The molecule has 0 fully saturated rings. The highest BCUT2D eigenvalue weighted by atomic mass is 16.6. The zero-order valence-corrected chi connectivity index (χ0v) is 18.2. The van der Waals surface area contributed by atoms with Crippen LogP contribution in [0.5, 0.6) is 0 Å². The summed E-state index contributed by atoms with van der Waals surface area (Å²) >= 11 is 0. The highest BCUT2D eigenvalue weighted by molar-refractivity contribution is 5.86. The molecule has 0 saturated carbocycles. The van der Waals surface area contributed by atoms with Crippen LogP contribution in [-0.4, -0.2) is 43.4 Å². The predicted molar refractivity (Wildman–Crippen MR) is 117 cm³/mol. The van der Waals surface area contributed by atoms with Crippen LogP contribution in [0.3, 0.4) is 0 Å². The Balaban J connectivity index is 2.11. The van der Waals surface area contributed by atoms with E-state index in [4.69, 9.17) is 9.47 Å². The number of carbonyl (C=O) groups is 2. The average Bonchev–Trinajstić information content (AvgIpc) is 2.68. The molecule has 2 aromatic rings. The molecule has 0 aliphatic carbocycles. The van der Waals surface area contributed by atoms with E-state index in [1.165, 1.54) is 0 Å². The largest absolute Gasteiger partial charge is 0.444 e. The number of benzene rings is 2. The number of nitrogens with one attached hydrogen (secondary N) is 2. The van der Waals surface area contributed by atoms with Gasteiger partial charge in [-0.15, -0.1) is 0 Å². The Kier molecular flexibility index (Phi) is 8.87. The van der Waals surface area contributed by atoms with Crippen LogP contribution in [0.1, 0.15) is 31.9 Å². The number of rotatable bonds is 9. The Morgan fingerprint density at radius 2 is 1.40 bits per heavy atom. The van der Waals surface area contributed by atoms with Crippen LogP contribution in [-0.2, 0) is 27.1 Å². The lowest BCUT2D eigenvalue weighted by atomic mass is 10.0. The second-order valence-electron chi connectivity index (χ2n) is 8.24. The van der Waals surface area contributed by atoms with Gasteiger partial charge < -0.3 is 20.1 Å². The fourth-order valence-corrected chi connectivity index (χ4v) is 3.06. The van der Waals surface area contributed by atoms with Gasteiger partial charge >= 0.3 is 6.09 Å². The fraction of sp³-hybridized carbons (Fsp3) is 0.417. The van der Waals surface area contributed by atoms with Gasteiger partial charge in [0, 0.05) is 13.5 Å². The second kappa shape index (κ2) is 11.4. The lowest BCUT2D eigenvalue weighted by Gasteiger charge is -2.25. The quantitative estimate of drug-likeness (QED) is 0.661. The molecule has 2 amide bonds. The maximum Gasteiger partial charge on any atom is 0.408 e. The number of carbonyl (C=O) groups excluding carboxylic acids is 2. The zero-order valence-electron chi connectivity index (χ0n) is 18.2. The number of hydrogen-bond donors (Lipinski definition) is 2. The third-order valence-corrected chi connectivity index (χ3v) is 4.33. The van der Waals surface area contributed by atoms with Crippen LogP contribution in [0.15, 0.2) is 60.7 Å². The van der Waals surface area contributed by atoms with E-state index in [0.29, 0.717) is 19.4 Å². The lowest BCUT2D eigenvalue weighted by Crippen LogP contribution is -2.52. The summed E-state index contributed by atoms with van der Waals surface area (Å²) in [5, 5.41) is 5.74. The van der Waals surface area contributed by atoms with Crippen molar-refractivity contribution < 1.29 is 19.1 Å². The Morgan fingerprint density at radius 1 is 0.867 bits per heavy atom. The molecule has 0 heterocycles. The van der Waals surface area contributed by atoms with Gasteiger partial charge in [0.15, 0.2) is 0 Å². The first-order valence-electron chi connectivity index (χ1n) is 10.1. The van der Waals surface area contributed by atoms with Crippen LogP contribution in [0, 0.1) is 0 Å². The standard InChI is InChI=1S/C24H32N2O4/c1-24(2,3)30-23(28)26-21(16-19-13-9-6-10-14-19)22(27)25-20(17-29-4)15-18-11-7-5-8-12-18/h5-14,20-21H,15-17H2,1-4H3,(H,25,27)(H,26,28)/t20-,21+/m0/s1. The monoisotopic (exact) mass is 412 g/mol. The predicted octanol–water partition coefficient (Wildman–Crippen LogP) is 3.50. The summed E-state index contributed by atoms with van der Waals surface area (Å²) in [5.41, 5.74) is 1.39. The van der Waals surface area contributed by atoms with E-state index >= 15 is 0 Å². The smallest absolute Gasteiger partial charge is 0.408 e. The minimum absolute atomic E-state index is 0.219. The first-order chi connectivity index (χ1) is 14.3. The molecule has 0 aliphatic rings. The molecule has 30 heavy (non-hydrogen) atoms. The lowest BCUT2D eigenvalue weighted by molar-refractivity contribution is -0.124. The topological polar surface area (TPSA) is 76.7 Å². The van der Waals surface area contributed by atoms with E-state index in [0.717, 1.165) is 11.1 Å². The van der Waals surface area contributed by atoms with E-state index in [2.05, 4.69) is 10.6 Å². The zero-order chi connectivity index (χ0) is 22.0. The van der Waals surface area contributed by atoms with Crippen molar-refractivity contribution >= 4 is 12.0 Å². The summed E-state index contributed by atoms with van der Waals surface area (Å²) in [7, 11) is 1.60. The van der Waals surface area contributed by atoms with Crippen molar-refractivity contribution in [3.8, 4) is 0 Å². The van der Waals surface area contributed by atoms with Crippen LogP contribution in [0.25, 0.3) is 0 Å². The maximum atomic E-state index is 13.1. The third-order valence-electron chi connectivity index (χ3n) is 4.33. The molecule has 0 radical (unpaired) electrons. The fourth-order valence-electron chi connectivity index (χ4n) is 3.06. The number of alkyl carbamates (subject to hydrolysis) is 1. The molecule has 0 saturated heterocycles. The first kappa shape index (κ1) is 23.4. The van der Waals surface area contributed by atoms with Gasteiger partial charge in [-0.1, -0.05) is 60.7 Å². The summed E-state index contributed by atoms with van der Waals surface area (Å²) in [6.07, 6.45) is 0.368.